The number of aromatic nitrogens is 2. The zero-order chi connectivity index (χ0) is 39.5. The number of hydrogen-bond donors (Lipinski definition) is 0. The molecule has 0 amide bonds. The van der Waals surface area contributed by atoms with E-state index < -0.39 is 0 Å². The van der Waals surface area contributed by atoms with Crippen LogP contribution in [0.4, 0.5) is 22.7 Å². The zero-order valence-electron chi connectivity index (χ0n) is 34.3. The molecule has 5 nitrogen and oxygen atoms in total. The zero-order valence-corrected chi connectivity index (χ0v) is 36.6. The molecule has 0 saturated carbocycles. The molecule has 0 aliphatic carbocycles. The fraction of sp³-hybridized carbons (Fsp3) is 0.192. The maximum atomic E-state index is 6.88. The Morgan fingerprint density at radius 2 is 1.29 bits per heavy atom. The molecule has 0 radical (unpaired) electrons. The predicted octanol–water partition coefficient (Wildman–Crippen LogP) is 13.8. The molecule has 4 heterocycles. The summed E-state index contributed by atoms with van der Waals surface area (Å²) in [5, 5.41) is 2.26. The Morgan fingerprint density at radius 3 is 2.03 bits per heavy atom. The van der Waals surface area contributed by atoms with Crippen molar-refractivity contribution in [1.29, 1.82) is 0 Å². The molecule has 1 unspecified atom stereocenters. The van der Waals surface area contributed by atoms with E-state index in [0.717, 1.165) is 33.3 Å². The molecule has 1 fully saturated rings. The Bertz CT molecular complexity index is 2920. The van der Waals surface area contributed by atoms with Gasteiger partial charge in [-0.05, 0) is 76.1 Å². The van der Waals surface area contributed by atoms with E-state index in [0.29, 0.717) is 20.7 Å². The number of benzene rings is 6. The van der Waals surface area contributed by atoms with Gasteiger partial charge in [0, 0.05) is 68.5 Å². The van der Waals surface area contributed by atoms with Gasteiger partial charge in [0.25, 0.3) is 0 Å². The molecule has 1 saturated heterocycles. The standard InChI is InChI=1S/C52H47N4O.Pt/c1-34-25-48-49(26-35(34)2)56(33-55(48,56)40-18-14-17-37(27-40)36-15-10-9-11-16-36)41-28-39(52(6,7)8)29-43(31-41)57-42-21-22-45-44-19-12-13-20-46(44)54(47(45)32-42)50-30-38(23-24-53-50)51(3,4)5;/h9-30,33H,1-8H3;/q-1;/t55-,56?;/m0./s1. The number of fused-ring (bicyclic) bond motifs is 7. The van der Waals surface area contributed by atoms with Crippen molar-refractivity contribution in [1.82, 2.24) is 18.7 Å². The number of pyridine rings is 1. The minimum Gasteiger partial charge on any atom is -0.509 e. The van der Waals surface area contributed by atoms with Crippen molar-refractivity contribution in [2.24, 2.45) is 0 Å². The molecule has 6 heteroatoms. The summed E-state index contributed by atoms with van der Waals surface area (Å²) < 4.78 is 10.2. The maximum absolute atomic E-state index is 6.88. The fourth-order valence-electron chi connectivity index (χ4n) is 8.75. The maximum Gasteiger partial charge on any atom is 0.225 e. The van der Waals surface area contributed by atoms with Crippen LogP contribution in [0.3, 0.4) is 0 Å². The number of rotatable bonds is 6. The fourth-order valence-corrected chi connectivity index (χ4v) is 8.75. The molecule has 6 aromatic carbocycles. The Balaban J connectivity index is 0.00000436. The quantitative estimate of drug-likeness (QED) is 0.0944. The Kier molecular flexibility index (Phi) is 8.80. The van der Waals surface area contributed by atoms with Crippen LogP contribution in [0.25, 0.3) is 38.8 Å². The molecule has 2 aliphatic heterocycles. The van der Waals surface area contributed by atoms with Gasteiger partial charge in [-0.1, -0.05) is 114 Å². The van der Waals surface area contributed by atoms with Crippen LogP contribution in [-0.2, 0) is 31.9 Å². The smallest absolute Gasteiger partial charge is 0.225 e. The molecular weight excluding hydrogens is 892 g/mol. The Hall–Kier alpha value is -5.32. The van der Waals surface area contributed by atoms with Gasteiger partial charge >= 0.3 is 0 Å². The monoisotopic (exact) mass is 938 g/mol. The average Bonchev–Trinajstić information content (AvgIpc) is 3.71. The average molecular weight is 939 g/mol. The number of ether oxygens (including phenoxy) is 1. The molecule has 292 valence electrons. The van der Waals surface area contributed by atoms with E-state index >= 15 is 0 Å². The molecule has 58 heavy (non-hydrogen) atoms. The summed E-state index contributed by atoms with van der Waals surface area (Å²) >= 11 is 0. The number of hydrogen-bond acceptors (Lipinski definition) is 2. The number of aryl methyl sites for hydroxylation is 2. The second kappa shape index (κ2) is 13.4. The van der Waals surface area contributed by atoms with E-state index in [4.69, 9.17) is 9.72 Å². The van der Waals surface area contributed by atoms with E-state index in [9.17, 15) is 0 Å². The first-order valence-electron chi connectivity index (χ1n) is 19.9. The number of quaternary nitrogens is 2. The van der Waals surface area contributed by atoms with Gasteiger partial charge < -0.3 is 9.30 Å². The van der Waals surface area contributed by atoms with Crippen LogP contribution in [0.5, 0.6) is 11.5 Å². The van der Waals surface area contributed by atoms with Gasteiger partial charge in [-0.2, -0.15) is 10.7 Å². The SMILES string of the molecule is Cc1cc2c(cc1C)[N@@+]1(c3cccc(-c4ccccc4)c3)[CH-][N+]21c1[c-]c(Oc2[c-]c3c(cc2)c2ccccc2n3-c2cc(C(C)(C)C)ccn2)cc(C(C)(C)C)c1.[Pt]. The second-order valence-electron chi connectivity index (χ2n) is 17.9. The largest absolute Gasteiger partial charge is 0.509 e. The third kappa shape index (κ3) is 5.73. The molecule has 0 spiro atoms. The molecule has 2 aromatic heterocycles. The third-order valence-electron chi connectivity index (χ3n) is 12.1. The van der Waals surface area contributed by atoms with Crippen molar-refractivity contribution in [3.63, 3.8) is 0 Å². The molecule has 0 N–H and O–H groups in total. The summed E-state index contributed by atoms with van der Waals surface area (Å²) in [6, 6.07) is 53.4. The summed E-state index contributed by atoms with van der Waals surface area (Å²) in [5.41, 5.74) is 14.1. The van der Waals surface area contributed by atoms with E-state index in [1.54, 1.807) is 0 Å². The van der Waals surface area contributed by atoms with Gasteiger partial charge in [0.15, 0.2) is 12.4 Å². The Morgan fingerprint density at radius 1 is 0.603 bits per heavy atom. The molecule has 0 bridgehead atoms. The first-order valence-corrected chi connectivity index (χ1v) is 19.9. The van der Waals surface area contributed by atoms with Gasteiger partial charge in [0.2, 0.25) is 11.4 Å². The van der Waals surface area contributed by atoms with Gasteiger partial charge in [-0.15, -0.1) is 35.2 Å². The van der Waals surface area contributed by atoms with Crippen LogP contribution in [0.1, 0.15) is 63.8 Å². The molecule has 10 rings (SSSR count). The van der Waals surface area contributed by atoms with Gasteiger partial charge in [-0.25, -0.2) is 9.58 Å². The third-order valence-corrected chi connectivity index (χ3v) is 12.1. The van der Waals surface area contributed by atoms with Crippen molar-refractivity contribution >= 4 is 44.6 Å². The molecule has 2 atom stereocenters. The predicted molar refractivity (Wildman–Crippen MR) is 235 cm³/mol. The van der Waals surface area contributed by atoms with E-state index in [2.05, 4.69) is 200 Å². The first kappa shape index (κ1) is 38.2. The van der Waals surface area contributed by atoms with E-state index in [-0.39, 0.29) is 31.9 Å². The Labute approximate surface area is 356 Å². The van der Waals surface area contributed by atoms with E-state index in [1.807, 2.05) is 12.3 Å². The second-order valence-corrected chi connectivity index (χ2v) is 17.9. The summed E-state index contributed by atoms with van der Waals surface area (Å²) in [6.45, 7) is 20.4. The van der Waals surface area contributed by atoms with Crippen molar-refractivity contribution in [3.05, 3.63) is 175 Å². The van der Waals surface area contributed by atoms with Crippen LogP contribution >= 0.6 is 0 Å². The van der Waals surface area contributed by atoms with Crippen molar-refractivity contribution < 1.29 is 25.8 Å². The van der Waals surface area contributed by atoms with Crippen LogP contribution in [0, 0.1) is 32.6 Å². The van der Waals surface area contributed by atoms with Gasteiger partial charge in [0.1, 0.15) is 5.82 Å². The van der Waals surface area contributed by atoms with Crippen LogP contribution < -0.4 is 13.9 Å². The van der Waals surface area contributed by atoms with E-state index in [1.165, 1.54) is 50.4 Å². The number of nitrogens with zero attached hydrogens (tertiary/aromatic N) is 4. The minimum atomic E-state index is -0.139. The van der Waals surface area contributed by atoms with Crippen LogP contribution in [0.2, 0.25) is 0 Å². The summed E-state index contributed by atoms with van der Waals surface area (Å²) in [4.78, 5) is 4.88. The van der Waals surface area contributed by atoms with Crippen molar-refractivity contribution in [2.45, 2.75) is 66.2 Å². The normalized spacial score (nSPS) is 18.3. The molecule has 2 aliphatic rings. The van der Waals surface area contributed by atoms with Gasteiger partial charge in [-0.3, -0.25) is 0 Å². The summed E-state index contributed by atoms with van der Waals surface area (Å²) in [6.07, 6.45) is 1.91. The van der Waals surface area contributed by atoms with Gasteiger partial charge in [0.05, 0.1) is 5.69 Å². The summed E-state index contributed by atoms with van der Waals surface area (Å²) in [5.74, 6) is 2.17. The first-order chi connectivity index (χ1) is 27.3. The summed E-state index contributed by atoms with van der Waals surface area (Å²) in [7, 11) is 0. The molecular formula is C52H47N4OPt-. The van der Waals surface area contributed by atoms with Crippen molar-refractivity contribution in [2.75, 3.05) is 0 Å². The number of para-hydroxylation sites is 1. The topological polar surface area (TPSA) is 27.1 Å². The van der Waals surface area contributed by atoms with Crippen molar-refractivity contribution in [3.8, 4) is 28.4 Å². The van der Waals surface area contributed by atoms with Crippen LogP contribution in [0.15, 0.2) is 134 Å². The molecule has 8 aromatic rings. The minimum absolute atomic E-state index is 0. The van der Waals surface area contributed by atoms with Crippen LogP contribution in [-0.4, -0.2) is 9.55 Å².